The summed E-state index contributed by atoms with van der Waals surface area (Å²) in [4.78, 5) is 30.7. The Bertz CT molecular complexity index is 1330. The van der Waals surface area contributed by atoms with Crippen LogP contribution in [0.4, 0.5) is 0 Å². The monoisotopic (exact) mass is 477 g/mol. The molecule has 2 aromatic heterocycles. The lowest BCUT2D eigenvalue weighted by Gasteiger charge is -2.16. The first-order valence-corrected chi connectivity index (χ1v) is 12.8. The summed E-state index contributed by atoms with van der Waals surface area (Å²) in [5, 5.41) is 5.48. The predicted octanol–water partition coefficient (Wildman–Crippen LogP) is 5.29. The zero-order valence-electron chi connectivity index (χ0n) is 19.0. The Balaban J connectivity index is 1.50. The fourth-order valence-corrected chi connectivity index (χ4v) is 5.38. The van der Waals surface area contributed by atoms with E-state index in [4.69, 9.17) is 4.98 Å². The molecular formula is C26H27N3O2S2. The molecular weight excluding hydrogens is 450 g/mol. The summed E-state index contributed by atoms with van der Waals surface area (Å²) in [6, 6.07) is 18.2. The third-order valence-corrected chi connectivity index (χ3v) is 7.32. The number of benzene rings is 2. The number of thiophene rings is 1. The van der Waals surface area contributed by atoms with Crippen LogP contribution in [0, 0.1) is 13.8 Å². The predicted molar refractivity (Wildman–Crippen MR) is 138 cm³/mol. The molecule has 1 amide bonds. The van der Waals surface area contributed by atoms with Gasteiger partial charge in [0, 0.05) is 6.04 Å². The van der Waals surface area contributed by atoms with Gasteiger partial charge in [0.25, 0.3) is 5.56 Å². The first-order chi connectivity index (χ1) is 15.9. The van der Waals surface area contributed by atoms with Crippen molar-refractivity contribution in [3.05, 3.63) is 87.0 Å². The molecule has 0 aliphatic carbocycles. The Morgan fingerprint density at radius 1 is 1.15 bits per heavy atom. The number of thioether (sulfide) groups is 1. The smallest absolute Gasteiger partial charge is 0.276 e. The van der Waals surface area contributed by atoms with E-state index < -0.39 is 0 Å². The van der Waals surface area contributed by atoms with Gasteiger partial charge in [-0.25, -0.2) is 4.98 Å². The standard InChI is InChI=1S/C26H27N3O2S2/c1-17-9-12-22(18(2)15-17)29-25(31)24-21(13-14-32-24)28-26(29)33-16-23(30)27-19(3)10-11-20-7-5-4-6-8-20/h4-9,12-15,19H,10-11,16H2,1-3H3,(H,27,30). The summed E-state index contributed by atoms with van der Waals surface area (Å²) in [5.41, 5.74) is 4.76. The second-order valence-corrected chi connectivity index (χ2v) is 10.1. The van der Waals surface area contributed by atoms with Crippen molar-refractivity contribution in [1.82, 2.24) is 14.9 Å². The van der Waals surface area contributed by atoms with Gasteiger partial charge in [-0.1, -0.05) is 59.8 Å². The summed E-state index contributed by atoms with van der Waals surface area (Å²) in [7, 11) is 0. The quantitative estimate of drug-likeness (QED) is 0.277. The molecule has 0 saturated heterocycles. The van der Waals surface area contributed by atoms with Crippen LogP contribution >= 0.6 is 23.1 Å². The maximum Gasteiger partial charge on any atom is 0.276 e. The molecule has 4 rings (SSSR count). The molecule has 0 aliphatic heterocycles. The number of hydrogen-bond donors (Lipinski definition) is 1. The number of nitrogens with one attached hydrogen (secondary N) is 1. The highest BCUT2D eigenvalue weighted by Crippen LogP contribution is 2.25. The van der Waals surface area contributed by atoms with E-state index in [-0.39, 0.29) is 23.3 Å². The fraction of sp³-hybridized carbons (Fsp3) is 0.269. The van der Waals surface area contributed by atoms with Crippen LogP contribution in [-0.2, 0) is 11.2 Å². The highest BCUT2D eigenvalue weighted by molar-refractivity contribution is 7.99. The summed E-state index contributed by atoms with van der Waals surface area (Å²) in [6.07, 6.45) is 1.78. The molecule has 0 spiro atoms. The molecule has 0 bridgehead atoms. The van der Waals surface area contributed by atoms with Crippen molar-refractivity contribution in [3.8, 4) is 5.69 Å². The lowest BCUT2D eigenvalue weighted by atomic mass is 10.1. The van der Waals surface area contributed by atoms with Crippen molar-refractivity contribution in [3.63, 3.8) is 0 Å². The average molecular weight is 478 g/mol. The van der Waals surface area contributed by atoms with E-state index in [1.807, 2.05) is 62.5 Å². The van der Waals surface area contributed by atoms with Gasteiger partial charge in [-0.15, -0.1) is 11.3 Å². The number of aryl methyl sites for hydroxylation is 3. The molecule has 7 heteroatoms. The second kappa shape index (κ2) is 10.4. The van der Waals surface area contributed by atoms with Gasteiger partial charge in [0.2, 0.25) is 5.91 Å². The number of rotatable bonds is 8. The molecule has 1 N–H and O–H groups in total. The Kier molecular flexibility index (Phi) is 7.30. The van der Waals surface area contributed by atoms with E-state index in [9.17, 15) is 9.59 Å². The van der Waals surface area contributed by atoms with Crippen molar-refractivity contribution in [1.29, 1.82) is 0 Å². The molecule has 1 atom stereocenters. The minimum absolute atomic E-state index is 0.0622. The van der Waals surface area contributed by atoms with Gasteiger partial charge in [-0.3, -0.25) is 14.2 Å². The van der Waals surface area contributed by atoms with Crippen molar-refractivity contribution in [2.45, 2.75) is 44.8 Å². The van der Waals surface area contributed by atoms with E-state index in [0.717, 1.165) is 29.7 Å². The normalized spacial score (nSPS) is 12.1. The molecule has 0 radical (unpaired) electrons. The number of amides is 1. The number of nitrogens with zero attached hydrogens (tertiary/aromatic N) is 2. The Morgan fingerprint density at radius 3 is 2.70 bits per heavy atom. The van der Waals surface area contributed by atoms with Crippen LogP contribution in [0.1, 0.15) is 30.0 Å². The fourth-order valence-electron chi connectivity index (χ4n) is 3.80. The van der Waals surface area contributed by atoms with E-state index in [1.54, 1.807) is 4.57 Å². The Hall–Kier alpha value is -2.90. The summed E-state index contributed by atoms with van der Waals surface area (Å²) in [5.74, 6) is 0.135. The lowest BCUT2D eigenvalue weighted by molar-refractivity contribution is -0.119. The molecule has 0 aliphatic rings. The maximum absolute atomic E-state index is 13.3. The van der Waals surface area contributed by atoms with Gasteiger partial charge in [0.15, 0.2) is 5.16 Å². The van der Waals surface area contributed by atoms with Crippen LogP contribution in [0.15, 0.2) is 69.9 Å². The zero-order valence-corrected chi connectivity index (χ0v) is 20.6. The highest BCUT2D eigenvalue weighted by Gasteiger charge is 2.17. The van der Waals surface area contributed by atoms with Gasteiger partial charge in [0.05, 0.1) is 17.0 Å². The van der Waals surface area contributed by atoms with Crippen molar-refractivity contribution < 1.29 is 4.79 Å². The molecule has 0 fully saturated rings. The van der Waals surface area contributed by atoms with Crippen LogP contribution in [0.3, 0.4) is 0 Å². The number of carbonyl (C=O) groups is 1. The van der Waals surface area contributed by atoms with Crippen LogP contribution in [-0.4, -0.2) is 27.3 Å². The second-order valence-electron chi connectivity index (χ2n) is 8.24. The molecule has 2 aromatic carbocycles. The van der Waals surface area contributed by atoms with Gasteiger partial charge in [-0.05, 0) is 62.3 Å². The molecule has 33 heavy (non-hydrogen) atoms. The van der Waals surface area contributed by atoms with E-state index >= 15 is 0 Å². The van der Waals surface area contributed by atoms with Crippen molar-refractivity contribution >= 4 is 39.2 Å². The van der Waals surface area contributed by atoms with Gasteiger partial charge in [0.1, 0.15) is 4.70 Å². The van der Waals surface area contributed by atoms with Gasteiger partial charge in [-0.2, -0.15) is 0 Å². The summed E-state index contributed by atoms with van der Waals surface area (Å²) in [6.45, 7) is 6.04. The third-order valence-electron chi connectivity index (χ3n) is 5.49. The number of hydrogen-bond acceptors (Lipinski definition) is 5. The van der Waals surface area contributed by atoms with E-state index in [0.29, 0.717) is 15.4 Å². The summed E-state index contributed by atoms with van der Waals surface area (Å²) >= 11 is 2.69. The Morgan fingerprint density at radius 2 is 1.94 bits per heavy atom. The van der Waals surface area contributed by atoms with Crippen molar-refractivity contribution in [2.24, 2.45) is 0 Å². The Labute approximate surface area is 201 Å². The zero-order chi connectivity index (χ0) is 23.4. The van der Waals surface area contributed by atoms with Crippen molar-refractivity contribution in [2.75, 3.05) is 5.75 Å². The number of fused-ring (bicyclic) bond motifs is 1. The topological polar surface area (TPSA) is 64.0 Å². The highest BCUT2D eigenvalue weighted by atomic mass is 32.2. The first-order valence-electron chi connectivity index (χ1n) is 11.0. The molecule has 5 nitrogen and oxygen atoms in total. The lowest BCUT2D eigenvalue weighted by Crippen LogP contribution is -2.34. The molecule has 2 heterocycles. The van der Waals surface area contributed by atoms with Crippen LogP contribution in [0.5, 0.6) is 0 Å². The minimum Gasteiger partial charge on any atom is -0.353 e. The molecule has 1 unspecified atom stereocenters. The van der Waals surface area contributed by atoms with Crippen LogP contribution < -0.4 is 10.9 Å². The van der Waals surface area contributed by atoms with Crippen LogP contribution in [0.25, 0.3) is 15.9 Å². The third kappa shape index (κ3) is 5.54. The molecule has 4 aromatic rings. The minimum atomic E-state index is -0.0962. The molecule has 0 saturated carbocycles. The van der Waals surface area contributed by atoms with Gasteiger partial charge >= 0.3 is 0 Å². The summed E-state index contributed by atoms with van der Waals surface area (Å²) < 4.78 is 2.27. The maximum atomic E-state index is 13.3. The van der Waals surface area contributed by atoms with Crippen LogP contribution in [0.2, 0.25) is 0 Å². The molecule has 170 valence electrons. The first kappa shape index (κ1) is 23.3. The largest absolute Gasteiger partial charge is 0.353 e. The average Bonchev–Trinajstić information content (AvgIpc) is 3.27. The SMILES string of the molecule is Cc1ccc(-n2c(SCC(=O)NC(C)CCc3ccccc3)nc3ccsc3c2=O)c(C)c1. The van der Waals surface area contributed by atoms with E-state index in [2.05, 4.69) is 23.5 Å². The number of aromatic nitrogens is 2. The van der Waals surface area contributed by atoms with E-state index in [1.165, 1.54) is 28.7 Å². The van der Waals surface area contributed by atoms with Gasteiger partial charge < -0.3 is 5.32 Å². The number of carbonyl (C=O) groups excluding carboxylic acids is 1.